The minimum Gasteiger partial charge on any atom is -0.276 e. The van der Waals surface area contributed by atoms with Crippen molar-refractivity contribution in [3.8, 4) is 0 Å². The summed E-state index contributed by atoms with van der Waals surface area (Å²) in [5.74, 6) is 5.58. The maximum Gasteiger partial charge on any atom is 0.0688 e. The Hall–Kier alpha value is -1.72. The van der Waals surface area contributed by atoms with Gasteiger partial charge < -0.3 is 0 Å². The van der Waals surface area contributed by atoms with Crippen molar-refractivity contribution in [2.45, 2.75) is 19.4 Å². The van der Waals surface area contributed by atoms with Crippen molar-refractivity contribution in [2.24, 2.45) is 12.9 Å². The van der Waals surface area contributed by atoms with E-state index >= 15 is 0 Å². The van der Waals surface area contributed by atoms with Gasteiger partial charge in [-0.2, -0.15) is 5.10 Å². The van der Waals surface area contributed by atoms with E-state index < -0.39 is 0 Å². The number of aromatic nitrogens is 3. The van der Waals surface area contributed by atoms with Crippen LogP contribution in [0.25, 0.3) is 0 Å². The SMILES string of the molecule is Cc1cccc(C(Cc2ccn(C)n2)NN)n1. The van der Waals surface area contributed by atoms with E-state index in [-0.39, 0.29) is 6.04 Å². The summed E-state index contributed by atoms with van der Waals surface area (Å²) in [7, 11) is 1.90. The predicted octanol–water partition coefficient (Wildman–Crippen LogP) is 0.871. The molecule has 0 bridgehead atoms. The highest BCUT2D eigenvalue weighted by Crippen LogP contribution is 2.14. The van der Waals surface area contributed by atoms with Gasteiger partial charge in [-0.05, 0) is 25.1 Å². The minimum absolute atomic E-state index is 0.00944. The second-order valence-corrected chi connectivity index (χ2v) is 4.11. The first kappa shape index (κ1) is 11.8. The Morgan fingerprint density at radius 1 is 1.41 bits per heavy atom. The van der Waals surface area contributed by atoms with Gasteiger partial charge in [0.05, 0.1) is 17.4 Å². The van der Waals surface area contributed by atoms with Gasteiger partial charge in [0.15, 0.2) is 0 Å². The molecule has 2 aromatic rings. The van der Waals surface area contributed by atoms with E-state index in [9.17, 15) is 0 Å². The highest BCUT2D eigenvalue weighted by molar-refractivity contribution is 5.15. The van der Waals surface area contributed by atoms with E-state index in [1.54, 1.807) is 4.68 Å². The van der Waals surface area contributed by atoms with Crippen LogP contribution in [0.1, 0.15) is 23.1 Å². The smallest absolute Gasteiger partial charge is 0.0688 e. The number of hydrogen-bond donors (Lipinski definition) is 2. The van der Waals surface area contributed by atoms with Gasteiger partial charge in [-0.15, -0.1) is 0 Å². The fraction of sp³-hybridized carbons (Fsp3) is 0.333. The molecule has 0 fully saturated rings. The third kappa shape index (κ3) is 2.89. The molecule has 1 atom stereocenters. The maximum absolute atomic E-state index is 5.58. The number of hydrogen-bond acceptors (Lipinski definition) is 4. The summed E-state index contributed by atoms with van der Waals surface area (Å²) >= 11 is 0. The molecule has 0 spiro atoms. The number of nitrogens with zero attached hydrogens (tertiary/aromatic N) is 3. The van der Waals surface area contributed by atoms with Gasteiger partial charge in [0.2, 0.25) is 0 Å². The first-order valence-corrected chi connectivity index (χ1v) is 5.57. The Kier molecular flexibility index (Phi) is 3.51. The molecule has 0 saturated heterocycles. The van der Waals surface area contributed by atoms with Crippen LogP contribution in [0, 0.1) is 6.92 Å². The molecule has 17 heavy (non-hydrogen) atoms. The Bertz CT molecular complexity index is 491. The molecule has 90 valence electrons. The van der Waals surface area contributed by atoms with Gasteiger partial charge in [-0.3, -0.25) is 20.9 Å². The standard InChI is InChI=1S/C12H17N5/c1-9-4-3-5-11(14-9)12(15-13)8-10-6-7-17(2)16-10/h3-7,12,15H,8,13H2,1-2H3. The molecular weight excluding hydrogens is 214 g/mol. The first-order valence-electron chi connectivity index (χ1n) is 5.57. The van der Waals surface area contributed by atoms with Gasteiger partial charge in [0.25, 0.3) is 0 Å². The monoisotopic (exact) mass is 231 g/mol. The Labute approximate surface area is 101 Å². The van der Waals surface area contributed by atoms with Crippen molar-refractivity contribution in [3.63, 3.8) is 0 Å². The molecule has 5 heteroatoms. The summed E-state index contributed by atoms with van der Waals surface area (Å²) in [5.41, 5.74) is 5.72. The average Bonchev–Trinajstić information content (AvgIpc) is 2.72. The molecule has 0 aliphatic carbocycles. The van der Waals surface area contributed by atoms with Crippen molar-refractivity contribution in [1.82, 2.24) is 20.2 Å². The number of nitrogens with two attached hydrogens (primary N) is 1. The Balaban J connectivity index is 2.16. The molecule has 0 aromatic carbocycles. The molecule has 0 saturated carbocycles. The first-order chi connectivity index (χ1) is 8.19. The highest BCUT2D eigenvalue weighted by Gasteiger charge is 2.13. The molecular formula is C12H17N5. The fourth-order valence-electron chi connectivity index (χ4n) is 1.79. The van der Waals surface area contributed by atoms with E-state index in [0.29, 0.717) is 0 Å². The van der Waals surface area contributed by atoms with Crippen LogP contribution < -0.4 is 11.3 Å². The van der Waals surface area contributed by atoms with Gasteiger partial charge in [0, 0.05) is 25.4 Å². The normalized spacial score (nSPS) is 12.6. The van der Waals surface area contributed by atoms with Crippen LogP contribution >= 0.6 is 0 Å². The van der Waals surface area contributed by atoms with Gasteiger partial charge >= 0.3 is 0 Å². The summed E-state index contributed by atoms with van der Waals surface area (Å²) < 4.78 is 1.78. The van der Waals surface area contributed by atoms with Crippen molar-refractivity contribution in [1.29, 1.82) is 0 Å². The largest absolute Gasteiger partial charge is 0.276 e. The summed E-state index contributed by atoms with van der Waals surface area (Å²) in [6, 6.07) is 7.91. The molecule has 0 radical (unpaired) electrons. The Morgan fingerprint density at radius 2 is 2.24 bits per heavy atom. The van der Waals surface area contributed by atoms with Crippen molar-refractivity contribution < 1.29 is 0 Å². The van der Waals surface area contributed by atoms with Crippen LogP contribution in [-0.4, -0.2) is 14.8 Å². The van der Waals surface area contributed by atoms with E-state index in [1.807, 2.05) is 44.4 Å². The number of rotatable bonds is 4. The zero-order valence-corrected chi connectivity index (χ0v) is 10.1. The van der Waals surface area contributed by atoms with Crippen LogP contribution in [-0.2, 0) is 13.5 Å². The molecule has 2 heterocycles. The maximum atomic E-state index is 5.58. The number of nitrogens with one attached hydrogen (secondary N) is 1. The summed E-state index contributed by atoms with van der Waals surface area (Å²) in [4.78, 5) is 4.47. The molecule has 2 aromatic heterocycles. The third-order valence-corrected chi connectivity index (χ3v) is 2.65. The molecule has 5 nitrogen and oxygen atoms in total. The van der Waals surface area contributed by atoms with Crippen LogP contribution in [0.2, 0.25) is 0 Å². The van der Waals surface area contributed by atoms with Gasteiger partial charge in [0.1, 0.15) is 0 Å². The van der Waals surface area contributed by atoms with Crippen molar-refractivity contribution in [3.05, 3.63) is 47.5 Å². The van der Waals surface area contributed by atoms with E-state index in [2.05, 4.69) is 15.5 Å². The number of hydrazine groups is 1. The van der Waals surface area contributed by atoms with Crippen LogP contribution in [0.15, 0.2) is 30.5 Å². The van der Waals surface area contributed by atoms with Crippen molar-refractivity contribution >= 4 is 0 Å². The topological polar surface area (TPSA) is 68.8 Å². The lowest BCUT2D eigenvalue weighted by Gasteiger charge is -2.14. The summed E-state index contributed by atoms with van der Waals surface area (Å²) in [6.45, 7) is 1.97. The zero-order valence-electron chi connectivity index (χ0n) is 10.1. The van der Waals surface area contributed by atoms with E-state index in [1.165, 1.54) is 0 Å². The molecule has 3 N–H and O–H groups in total. The minimum atomic E-state index is -0.00944. The molecule has 0 aliphatic heterocycles. The number of pyridine rings is 1. The van der Waals surface area contributed by atoms with Gasteiger partial charge in [-0.1, -0.05) is 6.07 Å². The van der Waals surface area contributed by atoms with Gasteiger partial charge in [-0.25, -0.2) is 0 Å². The lowest BCUT2D eigenvalue weighted by Crippen LogP contribution is -2.30. The molecule has 0 aliphatic rings. The Morgan fingerprint density at radius 3 is 2.82 bits per heavy atom. The zero-order chi connectivity index (χ0) is 12.3. The lowest BCUT2D eigenvalue weighted by atomic mass is 10.1. The van der Waals surface area contributed by atoms with Crippen LogP contribution in [0.4, 0.5) is 0 Å². The van der Waals surface area contributed by atoms with Crippen LogP contribution in [0.3, 0.4) is 0 Å². The molecule has 1 unspecified atom stereocenters. The average molecular weight is 231 g/mol. The predicted molar refractivity (Wildman–Crippen MR) is 66.0 cm³/mol. The van der Waals surface area contributed by atoms with Crippen molar-refractivity contribution in [2.75, 3.05) is 0 Å². The summed E-state index contributed by atoms with van der Waals surface area (Å²) in [5, 5.41) is 4.34. The number of aryl methyl sites for hydroxylation is 2. The highest BCUT2D eigenvalue weighted by atomic mass is 15.3. The van der Waals surface area contributed by atoms with E-state index in [0.717, 1.165) is 23.5 Å². The molecule has 0 amide bonds. The fourth-order valence-corrected chi connectivity index (χ4v) is 1.79. The van der Waals surface area contributed by atoms with E-state index in [4.69, 9.17) is 5.84 Å². The quantitative estimate of drug-likeness (QED) is 0.605. The third-order valence-electron chi connectivity index (χ3n) is 2.65. The second-order valence-electron chi connectivity index (χ2n) is 4.11. The van der Waals surface area contributed by atoms with Crippen LogP contribution in [0.5, 0.6) is 0 Å². The lowest BCUT2D eigenvalue weighted by molar-refractivity contribution is 0.528. The second kappa shape index (κ2) is 5.07. The summed E-state index contributed by atoms with van der Waals surface area (Å²) in [6.07, 6.45) is 2.65. The molecule has 2 rings (SSSR count).